The SMILES string of the molecule is CC(=O)O[C@H]1CC[C@@]2(C)[C@@H](CCC3=C4C(=O)C[C@H]([C@H](C)CCCOC(=O)C(F)(F)F)[C@@]4(C)CC[C@@H]32)C1. The minimum absolute atomic E-state index is 0.00242. The first-order valence-corrected chi connectivity index (χ1v) is 13.4. The molecule has 0 radical (unpaired) electrons. The first kappa shape index (κ1) is 27.2. The minimum Gasteiger partial charge on any atom is -0.463 e. The van der Waals surface area contributed by atoms with Crippen LogP contribution >= 0.6 is 0 Å². The molecule has 202 valence electrons. The smallest absolute Gasteiger partial charge is 0.463 e. The number of carbonyl (C=O) groups is 3. The molecule has 0 amide bonds. The fourth-order valence-electron chi connectivity index (χ4n) is 8.35. The first-order valence-electron chi connectivity index (χ1n) is 13.4. The van der Waals surface area contributed by atoms with Crippen LogP contribution in [0.5, 0.6) is 0 Å². The molecular weight excluding hydrogens is 473 g/mol. The molecule has 0 unspecified atom stereocenters. The van der Waals surface area contributed by atoms with Gasteiger partial charge in [0.05, 0.1) is 6.61 Å². The molecule has 0 spiro atoms. The van der Waals surface area contributed by atoms with Crippen LogP contribution in [0.2, 0.25) is 0 Å². The van der Waals surface area contributed by atoms with E-state index in [1.54, 1.807) is 0 Å². The lowest BCUT2D eigenvalue weighted by Gasteiger charge is -2.56. The van der Waals surface area contributed by atoms with Gasteiger partial charge in [0.15, 0.2) is 5.78 Å². The number of carbonyl (C=O) groups excluding carboxylic acids is 3. The van der Waals surface area contributed by atoms with E-state index < -0.39 is 12.1 Å². The molecule has 0 aromatic carbocycles. The Morgan fingerprint density at radius 2 is 1.86 bits per heavy atom. The first-order chi connectivity index (χ1) is 16.8. The molecule has 5 nitrogen and oxygen atoms in total. The van der Waals surface area contributed by atoms with Crippen molar-refractivity contribution in [3.05, 3.63) is 11.1 Å². The van der Waals surface area contributed by atoms with Gasteiger partial charge in [0, 0.05) is 18.9 Å². The monoisotopic (exact) mass is 512 g/mol. The zero-order valence-corrected chi connectivity index (χ0v) is 21.8. The van der Waals surface area contributed by atoms with Crippen LogP contribution in [0.4, 0.5) is 13.2 Å². The van der Waals surface area contributed by atoms with E-state index in [1.807, 2.05) is 0 Å². The lowest BCUT2D eigenvalue weighted by molar-refractivity contribution is -0.199. The largest absolute Gasteiger partial charge is 0.490 e. The Morgan fingerprint density at radius 1 is 1.14 bits per heavy atom. The molecule has 4 rings (SSSR count). The van der Waals surface area contributed by atoms with Gasteiger partial charge in [0.25, 0.3) is 0 Å². The lowest BCUT2D eigenvalue weighted by atomic mass is 9.48. The van der Waals surface area contributed by atoms with Crippen LogP contribution in [0, 0.1) is 34.5 Å². The van der Waals surface area contributed by atoms with Crippen molar-refractivity contribution in [2.75, 3.05) is 6.61 Å². The van der Waals surface area contributed by atoms with Gasteiger partial charge >= 0.3 is 18.1 Å². The summed E-state index contributed by atoms with van der Waals surface area (Å²) in [5.74, 6) is -0.952. The Morgan fingerprint density at radius 3 is 2.53 bits per heavy atom. The highest BCUT2D eigenvalue weighted by molar-refractivity contribution is 6.00. The number of rotatable bonds is 6. The molecule has 0 bridgehead atoms. The third-order valence-corrected chi connectivity index (χ3v) is 10.1. The summed E-state index contributed by atoms with van der Waals surface area (Å²) in [4.78, 5) is 35.9. The molecule has 3 saturated carbocycles. The van der Waals surface area contributed by atoms with Crippen LogP contribution in [0.3, 0.4) is 0 Å². The summed E-state index contributed by atoms with van der Waals surface area (Å²) >= 11 is 0. The van der Waals surface area contributed by atoms with Crippen molar-refractivity contribution in [1.82, 2.24) is 0 Å². The van der Waals surface area contributed by atoms with Crippen molar-refractivity contribution in [3.8, 4) is 0 Å². The third kappa shape index (κ3) is 4.85. The number of ketones is 1. The number of allylic oxidation sites excluding steroid dienone is 2. The number of ether oxygens (including phenoxy) is 2. The summed E-state index contributed by atoms with van der Waals surface area (Å²) < 4.78 is 47.0. The van der Waals surface area contributed by atoms with Gasteiger partial charge in [-0.3, -0.25) is 9.59 Å². The molecule has 0 N–H and O–H groups in total. The quantitative estimate of drug-likeness (QED) is 0.307. The van der Waals surface area contributed by atoms with Crippen molar-refractivity contribution in [2.24, 2.45) is 34.5 Å². The Bertz CT molecular complexity index is 940. The highest BCUT2D eigenvalue weighted by Crippen LogP contribution is 2.65. The maximum atomic E-state index is 13.4. The molecule has 3 fully saturated rings. The summed E-state index contributed by atoms with van der Waals surface area (Å²) in [6.07, 6.45) is 3.16. The fraction of sp³-hybridized carbons (Fsp3) is 0.821. The van der Waals surface area contributed by atoms with Crippen LogP contribution in [0.1, 0.15) is 91.9 Å². The van der Waals surface area contributed by atoms with Crippen LogP contribution in [-0.2, 0) is 23.9 Å². The van der Waals surface area contributed by atoms with Crippen LogP contribution < -0.4 is 0 Å². The van der Waals surface area contributed by atoms with Crippen molar-refractivity contribution in [1.29, 1.82) is 0 Å². The van der Waals surface area contributed by atoms with Crippen molar-refractivity contribution in [2.45, 2.75) is 104 Å². The van der Waals surface area contributed by atoms with Gasteiger partial charge in [0.1, 0.15) is 6.10 Å². The van der Waals surface area contributed by atoms with Gasteiger partial charge in [-0.1, -0.05) is 26.3 Å². The van der Waals surface area contributed by atoms with Gasteiger partial charge in [-0.25, -0.2) is 4.79 Å². The number of halogens is 3. The van der Waals surface area contributed by atoms with Crippen molar-refractivity contribution in [3.63, 3.8) is 0 Å². The zero-order chi connectivity index (χ0) is 26.5. The maximum absolute atomic E-state index is 13.4. The van der Waals surface area contributed by atoms with Crippen LogP contribution in [0.25, 0.3) is 0 Å². The van der Waals surface area contributed by atoms with E-state index in [4.69, 9.17) is 4.74 Å². The Balaban J connectivity index is 1.45. The zero-order valence-electron chi connectivity index (χ0n) is 21.8. The molecule has 0 aromatic heterocycles. The van der Waals surface area contributed by atoms with Gasteiger partial charge in [-0.05, 0) is 92.3 Å². The summed E-state index contributed by atoms with van der Waals surface area (Å²) in [7, 11) is 0. The predicted octanol–water partition coefficient (Wildman–Crippen LogP) is 6.34. The summed E-state index contributed by atoms with van der Waals surface area (Å²) in [6.45, 7) is 7.87. The lowest BCUT2D eigenvalue weighted by Crippen LogP contribution is -2.49. The summed E-state index contributed by atoms with van der Waals surface area (Å²) in [6, 6.07) is 0. The number of hydrogen-bond acceptors (Lipinski definition) is 5. The molecule has 0 aliphatic heterocycles. The molecule has 36 heavy (non-hydrogen) atoms. The second-order valence-corrected chi connectivity index (χ2v) is 12.1. The Kier molecular flexibility index (Phi) is 7.39. The molecule has 0 heterocycles. The summed E-state index contributed by atoms with van der Waals surface area (Å²) in [5.41, 5.74) is 2.31. The van der Waals surface area contributed by atoms with E-state index in [-0.39, 0.29) is 47.1 Å². The molecule has 4 aliphatic rings. The average molecular weight is 513 g/mol. The van der Waals surface area contributed by atoms with Gasteiger partial charge < -0.3 is 9.47 Å². The number of esters is 2. The highest BCUT2D eigenvalue weighted by Gasteiger charge is 2.58. The number of alkyl halides is 3. The van der Waals surface area contributed by atoms with E-state index >= 15 is 0 Å². The van der Waals surface area contributed by atoms with Gasteiger partial charge in [0.2, 0.25) is 0 Å². The van der Waals surface area contributed by atoms with E-state index in [9.17, 15) is 27.6 Å². The van der Waals surface area contributed by atoms with E-state index in [0.717, 1.165) is 50.5 Å². The molecule has 0 saturated heterocycles. The maximum Gasteiger partial charge on any atom is 0.490 e. The second kappa shape index (κ2) is 9.79. The van der Waals surface area contributed by atoms with E-state index in [0.29, 0.717) is 31.1 Å². The van der Waals surface area contributed by atoms with Gasteiger partial charge in [-0.15, -0.1) is 0 Å². The average Bonchev–Trinajstić information content (AvgIpc) is 3.06. The van der Waals surface area contributed by atoms with Gasteiger partial charge in [-0.2, -0.15) is 13.2 Å². The Labute approximate surface area is 211 Å². The number of fused-ring (bicyclic) bond motifs is 4. The number of Topliss-reactive ketones (excluding diaryl/α,β-unsaturated/α-hetero) is 1. The topological polar surface area (TPSA) is 69.7 Å². The van der Waals surface area contributed by atoms with Crippen molar-refractivity contribution < 1.29 is 37.0 Å². The highest BCUT2D eigenvalue weighted by atomic mass is 19.4. The predicted molar refractivity (Wildman–Crippen MR) is 127 cm³/mol. The molecule has 4 aliphatic carbocycles. The molecule has 7 atom stereocenters. The normalized spacial score (nSPS) is 37.0. The van der Waals surface area contributed by atoms with Crippen molar-refractivity contribution >= 4 is 17.7 Å². The summed E-state index contributed by atoms with van der Waals surface area (Å²) in [5, 5.41) is 0. The molecule has 0 aromatic rings. The minimum atomic E-state index is -4.97. The fourth-order valence-corrected chi connectivity index (χ4v) is 8.35. The van der Waals surface area contributed by atoms with Crippen LogP contribution in [-0.4, -0.2) is 36.6 Å². The standard InChI is InChI=1S/C28H39F3O5/c1-16(6-5-13-35-25(34)28(29,30)31)22-15-23(33)24-20-8-7-18-14-19(36-17(2)32)9-11-26(18,3)21(20)10-12-27(22,24)4/h16,18-19,21-22H,5-15H2,1-4H3/t16-,18+,19+,21+,22-,26+,27-/m1/s1. The molecule has 8 heteroatoms. The van der Waals surface area contributed by atoms with E-state index in [1.165, 1.54) is 12.5 Å². The second-order valence-electron chi connectivity index (χ2n) is 12.1. The third-order valence-electron chi connectivity index (χ3n) is 10.1. The number of hydrogen-bond donors (Lipinski definition) is 0. The van der Waals surface area contributed by atoms with E-state index in [2.05, 4.69) is 25.5 Å². The molecular formula is C28H39F3O5. The Hall–Kier alpha value is -1.86. The van der Waals surface area contributed by atoms with Crippen LogP contribution in [0.15, 0.2) is 11.1 Å².